The second-order valence-corrected chi connectivity index (χ2v) is 6.72. The molecule has 0 amide bonds. The minimum Gasteiger partial charge on any atom is -0.492 e. The topological polar surface area (TPSA) is 65.9 Å². The van der Waals surface area contributed by atoms with Gasteiger partial charge in [-0.25, -0.2) is 9.97 Å². The molecule has 2 heterocycles. The highest BCUT2D eigenvalue weighted by Crippen LogP contribution is 2.17. The number of aromatic nitrogens is 2. The predicted molar refractivity (Wildman–Crippen MR) is 107 cm³/mol. The smallest absolute Gasteiger partial charge is 0.225 e. The third kappa shape index (κ3) is 5.08. The first kappa shape index (κ1) is 18.4. The molecule has 2 aromatic rings. The number of hydrogen-bond acceptors (Lipinski definition) is 5. The van der Waals surface area contributed by atoms with Crippen molar-refractivity contribution >= 4 is 27.8 Å². The van der Waals surface area contributed by atoms with E-state index in [1.54, 1.807) is 12.4 Å². The monoisotopic (exact) mass is 418 g/mol. The summed E-state index contributed by atoms with van der Waals surface area (Å²) in [6, 6.07) is 9.68. The van der Waals surface area contributed by atoms with E-state index in [2.05, 4.69) is 46.0 Å². The highest BCUT2D eigenvalue weighted by Gasteiger charge is 2.20. The highest BCUT2D eigenvalue weighted by molar-refractivity contribution is 9.10. The van der Waals surface area contributed by atoms with Crippen LogP contribution in [-0.4, -0.2) is 67.2 Å². The van der Waals surface area contributed by atoms with Crippen LogP contribution in [-0.2, 0) is 0 Å². The molecular weight excluding hydrogens is 396 g/mol. The summed E-state index contributed by atoms with van der Waals surface area (Å²) in [5, 5.41) is 3.37. The van der Waals surface area contributed by atoms with Gasteiger partial charge in [-0.2, -0.15) is 0 Å². The third-order valence-electron chi connectivity index (χ3n) is 4.08. The van der Waals surface area contributed by atoms with Gasteiger partial charge in [0.15, 0.2) is 5.96 Å². The Morgan fingerprint density at radius 1 is 1.19 bits per heavy atom. The first-order valence-corrected chi connectivity index (χ1v) is 9.41. The first-order chi connectivity index (χ1) is 12.8. The fourth-order valence-electron chi connectivity index (χ4n) is 2.79. The van der Waals surface area contributed by atoms with E-state index in [1.165, 1.54) is 0 Å². The first-order valence-electron chi connectivity index (χ1n) is 8.62. The molecule has 1 fully saturated rings. The van der Waals surface area contributed by atoms with E-state index in [0.29, 0.717) is 13.2 Å². The van der Waals surface area contributed by atoms with Gasteiger partial charge in [-0.3, -0.25) is 4.99 Å². The van der Waals surface area contributed by atoms with Crippen molar-refractivity contribution in [1.82, 2.24) is 20.2 Å². The van der Waals surface area contributed by atoms with E-state index in [1.807, 2.05) is 37.4 Å². The number of benzene rings is 1. The number of hydrogen-bond donors (Lipinski definition) is 1. The lowest BCUT2D eigenvalue weighted by Crippen LogP contribution is -2.53. The van der Waals surface area contributed by atoms with E-state index in [9.17, 15) is 0 Å². The van der Waals surface area contributed by atoms with Crippen molar-refractivity contribution in [3.63, 3.8) is 0 Å². The van der Waals surface area contributed by atoms with Crippen LogP contribution < -0.4 is 15.0 Å². The van der Waals surface area contributed by atoms with E-state index in [-0.39, 0.29) is 0 Å². The van der Waals surface area contributed by atoms with Crippen molar-refractivity contribution in [3.8, 4) is 5.75 Å². The number of piperazine rings is 1. The number of anilines is 1. The van der Waals surface area contributed by atoms with Crippen LogP contribution in [0.4, 0.5) is 5.95 Å². The zero-order valence-electron chi connectivity index (χ0n) is 14.8. The molecule has 8 heteroatoms. The van der Waals surface area contributed by atoms with Crippen LogP contribution in [0.5, 0.6) is 5.75 Å². The lowest BCUT2D eigenvalue weighted by molar-refractivity contribution is 0.314. The van der Waals surface area contributed by atoms with Gasteiger partial charge in [0.25, 0.3) is 0 Å². The lowest BCUT2D eigenvalue weighted by Gasteiger charge is -2.36. The Labute approximate surface area is 162 Å². The summed E-state index contributed by atoms with van der Waals surface area (Å²) in [6.45, 7) is 4.78. The predicted octanol–water partition coefficient (Wildman–Crippen LogP) is 2.02. The molecule has 1 saturated heterocycles. The van der Waals surface area contributed by atoms with Gasteiger partial charge in [0.1, 0.15) is 12.4 Å². The van der Waals surface area contributed by atoms with Crippen molar-refractivity contribution in [2.45, 2.75) is 0 Å². The van der Waals surface area contributed by atoms with E-state index in [4.69, 9.17) is 4.74 Å². The second-order valence-electron chi connectivity index (χ2n) is 5.80. The summed E-state index contributed by atoms with van der Waals surface area (Å²) in [4.78, 5) is 17.5. The van der Waals surface area contributed by atoms with Crippen LogP contribution in [0.25, 0.3) is 0 Å². The van der Waals surface area contributed by atoms with Crippen molar-refractivity contribution < 1.29 is 4.74 Å². The van der Waals surface area contributed by atoms with Crippen molar-refractivity contribution in [1.29, 1.82) is 0 Å². The largest absolute Gasteiger partial charge is 0.492 e. The van der Waals surface area contributed by atoms with Crippen LogP contribution in [0, 0.1) is 0 Å². The van der Waals surface area contributed by atoms with Crippen LogP contribution in [0.2, 0.25) is 0 Å². The van der Waals surface area contributed by atoms with Crippen molar-refractivity contribution in [2.24, 2.45) is 4.99 Å². The Hall–Kier alpha value is -2.35. The number of guanidine groups is 1. The molecule has 1 aliphatic rings. The quantitative estimate of drug-likeness (QED) is 0.455. The van der Waals surface area contributed by atoms with Gasteiger partial charge in [-0.15, -0.1) is 0 Å². The maximum Gasteiger partial charge on any atom is 0.225 e. The summed E-state index contributed by atoms with van der Waals surface area (Å²) < 4.78 is 6.77. The van der Waals surface area contributed by atoms with Gasteiger partial charge < -0.3 is 19.9 Å². The lowest BCUT2D eigenvalue weighted by atomic mass is 10.3. The molecule has 1 N–H and O–H groups in total. The summed E-state index contributed by atoms with van der Waals surface area (Å²) in [6.07, 6.45) is 3.56. The van der Waals surface area contributed by atoms with E-state index in [0.717, 1.165) is 48.3 Å². The van der Waals surface area contributed by atoms with Crippen LogP contribution in [0.15, 0.2) is 52.2 Å². The number of halogens is 1. The molecule has 1 aliphatic heterocycles. The normalized spacial score (nSPS) is 15.1. The number of aliphatic imine (C=N–C) groups is 1. The Morgan fingerprint density at radius 2 is 1.96 bits per heavy atom. The molecule has 26 heavy (non-hydrogen) atoms. The van der Waals surface area contributed by atoms with Crippen molar-refractivity contribution in [2.75, 3.05) is 51.3 Å². The highest BCUT2D eigenvalue weighted by atomic mass is 79.9. The molecule has 1 aromatic heterocycles. The number of nitrogens with one attached hydrogen (secondary N) is 1. The van der Waals surface area contributed by atoms with E-state index >= 15 is 0 Å². The molecule has 0 radical (unpaired) electrons. The fraction of sp³-hybridized carbons (Fsp3) is 0.389. The number of rotatable bonds is 5. The van der Waals surface area contributed by atoms with E-state index < -0.39 is 0 Å². The molecule has 0 bridgehead atoms. The van der Waals surface area contributed by atoms with Crippen molar-refractivity contribution in [3.05, 3.63) is 47.2 Å². The molecule has 138 valence electrons. The SMILES string of the molecule is CN=C(NCCOc1cccc(Br)c1)N1CCN(c2ncccn2)CC1. The molecule has 0 unspecified atom stereocenters. The fourth-order valence-corrected chi connectivity index (χ4v) is 3.17. The molecule has 7 nitrogen and oxygen atoms in total. The second kappa shape index (κ2) is 9.38. The standard InChI is InChI=1S/C18H23BrN6O/c1-20-17(23-8-13-26-16-5-2-4-15(19)14-16)24-9-11-25(12-10-24)18-21-6-3-7-22-18/h2-7,14H,8-13H2,1H3,(H,20,23). The minimum absolute atomic E-state index is 0.577. The van der Waals surface area contributed by atoms with Crippen LogP contribution >= 0.6 is 15.9 Å². The summed E-state index contributed by atoms with van der Waals surface area (Å²) in [5.41, 5.74) is 0. The molecule has 3 rings (SSSR count). The third-order valence-corrected chi connectivity index (χ3v) is 4.57. The van der Waals surface area contributed by atoms with Gasteiger partial charge in [0.2, 0.25) is 5.95 Å². The minimum atomic E-state index is 0.577. The molecule has 0 atom stereocenters. The summed E-state index contributed by atoms with van der Waals surface area (Å²) in [7, 11) is 1.81. The summed E-state index contributed by atoms with van der Waals surface area (Å²) in [5.74, 6) is 2.54. The molecule has 1 aromatic carbocycles. The molecule has 0 spiro atoms. The number of nitrogens with zero attached hydrogens (tertiary/aromatic N) is 5. The van der Waals surface area contributed by atoms with Gasteiger partial charge in [-0.1, -0.05) is 22.0 Å². The Kier molecular flexibility index (Phi) is 6.65. The average Bonchev–Trinajstić information content (AvgIpc) is 2.69. The Bertz CT molecular complexity index is 719. The van der Waals surface area contributed by atoms with Gasteiger partial charge in [0.05, 0.1) is 6.54 Å². The Balaban J connectivity index is 1.42. The molecule has 0 saturated carbocycles. The summed E-state index contributed by atoms with van der Waals surface area (Å²) >= 11 is 3.45. The maximum absolute atomic E-state index is 5.75. The van der Waals surface area contributed by atoms with Gasteiger partial charge in [-0.05, 0) is 24.3 Å². The average molecular weight is 419 g/mol. The van der Waals surface area contributed by atoms with Crippen LogP contribution in [0.3, 0.4) is 0 Å². The zero-order chi connectivity index (χ0) is 18.2. The number of ether oxygens (including phenoxy) is 1. The molecule has 0 aliphatic carbocycles. The van der Waals surface area contributed by atoms with Gasteiger partial charge >= 0.3 is 0 Å². The Morgan fingerprint density at radius 3 is 2.65 bits per heavy atom. The van der Waals surface area contributed by atoms with Crippen LogP contribution in [0.1, 0.15) is 0 Å². The molecular formula is C18H23BrN6O. The zero-order valence-corrected chi connectivity index (χ0v) is 16.4. The van der Waals surface area contributed by atoms with Gasteiger partial charge in [0, 0.05) is 50.1 Å². The maximum atomic E-state index is 5.75.